The van der Waals surface area contributed by atoms with Gasteiger partial charge in [0.15, 0.2) is 0 Å². The molecule has 0 bridgehead atoms. The quantitative estimate of drug-likeness (QED) is 0.361. The van der Waals surface area contributed by atoms with E-state index in [-0.39, 0.29) is 5.91 Å². The molecule has 0 saturated carbocycles. The highest BCUT2D eigenvalue weighted by molar-refractivity contribution is 5.93. The van der Waals surface area contributed by atoms with Crippen molar-refractivity contribution in [3.05, 3.63) is 65.5 Å². The largest absolute Gasteiger partial charge is 0.328 e. The Morgan fingerprint density at radius 2 is 1.90 bits per heavy atom. The number of hydrogen-bond acceptors (Lipinski definition) is 4. The molecule has 1 fully saturated rings. The van der Waals surface area contributed by atoms with Gasteiger partial charge in [-0.1, -0.05) is 12.1 Å². The molecular formula is C24H30FN5O. The molecule has 1 aromatic carbocycles. The standard InChI is InChI=1S/C24H30FN5O/c1-24(2,25)16-29-12-8-18(9-13-29)20-7-11-27-22-21(20)10-14-30(22)15-17-3-5-19(6-4-17)23(31)28-26/h3-7,10-11,14,18H,8-9,12-13,15-16,26H2,1-2H3,(H,28,31). The minimum atomic E-state index is -1.15. The Bertz CT molecular complexity index is 1050. The molecule has 0 atom stereocenters. The van der Waals surface area contributed by atoms with Crippen molar-refractivity contribution >= 4 is 16.9 Å². The Labute approximate surface area is 182 Å². The molecule has 3 N–H and O–H groups in total. The maximum absolute atomic E-state index is 14.0. The number of hydrogen-bond donors (Lipinski definition) is 2. The van der Waals surface area contributed by atoms with Crippen molar-refractivity contribution in [3.8, 4) is 0 Å². The van der Waals surface area contributed by atoms with Crippen LogP contribution in [-0.4, -0.2) is 45.7 Å². The first-order valence-corrected chi connectivity index (χ1v) is 10.8. The van der Waals surface area contributed by atoms with E-state index in [1.54, 1.807) is 26.0 Å². The fourth-order valence-corrected chi connectivity index (χ4v) is 4.57. The van der Waals surface area contributed by atoms with E-state index in [9.17, 15) is 9.18 Å². The second-order valence-electron chi connectivity index (χ2n) is 9.02. The van der Waals surface area contributed by atoms with Gasteiger partial charge in [0.1, 0.15) is 11.3 Å². The summed E-state index contributed by atoms with van der Waals surface area (Å²) in [4.78, 5) is 18.5. The molecule has 1 aliphatic rings. The number of alkyl halides is 1. The van der Waals surface area contributed by atoms with Crippen LogP contribution in [0.3, 0.4) is 0 Å². The number of fused-ring (bicyclic) bond motifs is 1. The summed E-state index contributed by atoms with van der Waals surface area (Å²) in [6.07, 6.45) is 6.03. The van der Waals surface area contributed by atoms with Crippen LogP contribution in [0.1, 0.15) is 54.1 Å². The van der Waals surface area contributed by atoms with Gasteiger partial charge < -0.3 is 9.47 Å². The maximum Gasteiger partial charge on any atom is 0.265 e. The summed E-state index contributed by atoms with van der Waals surface area (Å²) in [5, 5.41) is 1.19. The molecule has 1 saturated heterocycles. The second-order valence-corrected chi connectivity index (χ2v) is 9.02. The van der Waals surface area contributed by atoms with E-state index >= 15 is 0 Å². The summed E-state index contributed by atoms with van der Waals surface area (Å²) in [7, 11) is 0. The molecule has 3 heterocycles. The number of piperidine rings is 1. The monoisotopic (exact) mass is 423 g/mol. The number of aromatic nitrogens is 2. The van der Waals surface area contributed by atoms with Crippen LogP contribution in [0, 0.1) is 0 Å². The summed E-state index contributed by atoms with van der Waals surface area (Å²) >= 11 is 0. The molecule has 0 aliphatic carbocycles. The number of nitrogen functional groups attached to an aromatic ring is 1. The van der Waals surface area contributed by atoms with Crippen LogP contribution >= 0.6 is 0 Å². The van der Waals surface area contributed by atoms with E-state index in [1.807, 2.05) is 18.3 Å². The third kappa shape index (κ3) is 4.94. The number of likely N-dealkylation sites (tertiary alicyclic amines) is 1. The minimum absolute atomic E-state index is 0.301. The highest BCUT2D eigenvalue weighted by Gasteiger charge is 2.27. The van der Waals surface area contributed by atoms with Gasteiger partial charge in [0.25, 0.3) is 5.91 Å². The number of pyridine rings is 1. The average Bonchev–Trinajstić information content (AvgIpc) is 3.16. The van der Waals surface area contributed by atoms with Crippen LogP contribution in [0.25, 0.3) is 11.0 Å². The first kappa shape index (κ1) is 21.5. The molecule has 164 valence electrons. The first-order chi connectivity index (χ1) is 14.8. The zero-order valence-electron chi connectivity index (χ0n) is 18.1. The zero-order valence-corrected chi connectivity index (χ0v) is 18.1. The molecule has 3 aromatic rings. The summed E-state index contributed by atoms with van der Waals surface area (Å²) in [5.74, 6) is 5.36. The maximum atomic E-state index is 14.0. The summed E-state index contributed by atoms with van der Waals surface area (Å²) < 4.78 is 16.1. The Kier molecular flexibility index (Phi) is 6.07. The number of carbonyl (C=O) groups excluding carboxylic acids is 1. The van der Waals surface area contributed by atoms with Crippen LogP contribution in [0.4, 0.5) is 4.39 Å². The van der Waals surface area contributed by atoms with Gasteiger partial charge in [-0.05, 0) is 81.1 Å². The Morgan fingerprint density at radius 3 is 2.55 bits per heavy atom. The number of rotatable bonds is 6. The Hall–Kier alpha value is -2.77. The van der Waals surface area contributed by atoms with Gasteiger partial charge in [-0.25, -0.2) is 15.2 Å². The molecule has 6 nitrogen and oxygen atoms in total. The minimum Gasteiger partial charge on any atom is -0.328 e. The number of benzene rings is 1. The molecule has 7 heteroatoms. The number of hydrazine groups is 1. The van der Waals surface area contributed by atoms with Gasteiger partial charge >= 0.3 is 0 Å². The van der Waals surface area contributed by atoms with E-state index in [2.05, 4.69) is 38.2 Å². The lowest BCUT2D eigenvalue weighted by Crippen LogP contribution is -2.40. The van der Waals surface area contributed by atoms with Crippen LogP contribution in [0.2, 0.25) is 0 Å². The smallest absolute Gasteiger partial charge is 0.265 e. The second kappa shape index (κ2) is 8.77. The van der Waals surface area contributed by atoms with Crippen molar-refractivity contribution < 1.29 is 9.18 Å². The molecule has 0 unspecified atom stereocenters. The van der Waals surface area contributed by atoms with Gasteiger partial charge in [0, 0.05) is 36.4 Å². The predicted octanol–water partition coefficient (Wildman–Crippen LogP) is 3.62. The lowest BCUT2D eigenvalue weighted by Gasteiger charge is -2.34. The van der Waals surface area contributed by atoms with Gasteiger partial charge in [-0.15, -0.1) is 0 Å². The lowest BCUT2D eigenvalue weighted by atomic mass is 9.88. The SMILES string of the molecule is CC(C)(F)CN1CCC(c2ccnc3c2ccn3Cc2ccc(C(=O)NN)cc2)CC1. The van der Waals surface area contributed by atoms with Crippen molar-refractivity contribution in [2.45, 2.75) is 44.8 Å². The number of nitrogens with zero attached hydrogens (tertiary/aromatic N) is 3. The predicted molar refractivity (Wildman–Crippen MR) is 121 cm³/mol. The van der Waals surface area contributed by atoms with Crippen molar-refractivity contribution in [1.82, 2.24) is 19.9 Å². The molecule has 1 amide bonds. The summed E-state index contributed by atoms with van der Waals surface area (Å²) in [6, 6.07) is 11.7. The van der Waals surface area contributed by atoms with E-state index in [0.29, 0.717) is 24.6 Å². The van der Waals surface area contributed by atoms with Crippen molar-refractivity contribution in [2.75, 3.05) is 19.6 Å². The van der Waals surface area contributed by atoms with E-state index in [0.717, 1.165) is 37.1 Å². The number of nitrogens with two attached hydrogens (primary N) is 1. The lowest BCUT2D eigenvalue weighted by molar-refractivity contribution is 0.0953. The van der Waals surface area contributed by atoms with Gasteiger partial charge in [-0.3, -0.25) is 10.2 Å². The van der Waals surface area contributed by atoms with E-state index in [1.165, 1.54) is 10.9 Å². The molecule has 31 heavy (non-hydrogen) atoms. The molecular weight excluding hydrogens is 393 g/mol. The molecule has 4 rings (SSSR count). The van der Waals surface area contributed by atoms with E-state index < -0.39 is 5.67 Å². The molecule has 0 spiro atoms. The van der Waals surface area contributed by atoms with E-state index in [4.69, 9.17) is 5.84 Å². The van der Waals surface area contributed by atoms with Crippen molar-refractivity contribution in [1.29, 1.82) is 0 Å². The van der Waals surface area contributed by atoms with Crippen LogP contribution in [0.15, 0.2) is 48.8 Å². The fourth-order valence-electron chi connectivity index (χ4n) is 4.57. The Morgan fingerprint density at radius 1 is 1.19 bits per heavy atom. The Balaban J connectivity index is 1.49. The normalized spacial score (nSPS) is 16.0. The van der Waals surface area contributed by atoms with Crippen molar-refractivity contribution in [3.63, 3.8) is 0 Å². The highest BCUT2D eigenvalue weighted by atomic mass is 19.1. The third-order valence-electron chi connectivity index (χ3n) is 6.02. The van der Waals surface area contributed by atoms with Crippen LogP contribution in [-0.2, 0) is 6.54 Å². The molecule has 2 aromatic heterocycles. The zero-order chi connectivity index (χ0) is 22.0. The number of carbonyl (C=O) groups is 1. The average molecular weight is 424 g/mol. The topological polar surface area (TPSA) is 76.2 Å². The third-order valence-corrected chi connectivity index (χ3v) is 6.02. The molecule has 1 aliphatic heterocycles. The van der Waals surface area contributed by atoms with Gasteiger partial charge in [-0.2, -0.15) is 0 Å². The van der Waals surface area contributed by atoms with Gasteiger partial charge in [0.05, 0.1) is 0 Å². The number of halogens is 1. The number of nitrogens with one attached hydrogen (secondary N) is 1. The molecule has 0 radical (unpaired) electrons. The van der Waals surface area contributed by atoms with Gasteiger partial charge in [0.2, 0.25) is 0 Å². The number of amides is 1. The fraction of sp³-hybridized carbons (Fsp3) is 0.417. The summed E-state index contributed by atoms with van der Waals surface area (Å²) in [6.45, 7) is 6.31. The highest BCUT2D eigenvalue weighted by Crippen LogP contribution is 2.33. The van der Waals surface area contributed by atoms with Crippen LogP contribution < -0.4 is 11.3 Å². The van der Waals surface area contributed by atoms with Crippen LogP contribution in [0.5, 0.6) is 0 Å². The first-order valence-electron chi connectivity index (χ1n) is 10.8. The van der Waals surface area contributed by atoms with Crippen molar-refractivity contribution in [2.24, 2.45) is 5.84 Å². The summed E-state index contributed by atoms with van der Waals surface area (Å²) in [5.41, 5.74) is 4.91.